The summed E-state index contributed by atoms with van der Waals surface area (Å²) in [5, 5.41) is 13.9. The minimum absolute atomic E-state index is 0.0333. The molecule has 0 atom stereocenters. The summed E-state index contributed by atoms with van der Waals surface area (Å²) in [6.07, 6.45) is 4.27. The smallest absolute Gasteiger partial charge is 0.270 e. The van der Waals surface area contributed by atoms with Crippen LogP contribution in [0.15, 0.2) is 48.5 Å². The van der Waals surface area contributed by atoms with Crippen molar-refractivity contribution in [3.8, 4) is 0 Å². The summed E-state index contributed by atoms with van der Waals surface area (Å²) < 4.78 is 0. The van der Waals surface area contributed by atoms with Gasteiger partial charge in [-0.1, -0.05) is 38.1 Å². The van der Waals surface area contributed by atoms with E-state index in [1.807, 2.05) is 26.0 Å². The topological polar surface area (TPSA) is 92.6 Å². The monoisotopic (exact) mass is 451 g/mol. The first-order valence-electron chi connectivity index (χ1n) is 11.7. The van der Waals surface area contributed by atoms with Crippen molar-refractivity contribution in [3.63, 3.8) is 0 Å². The lowest BCUT2D eigenvalue weighted by atomic mass is 9.89. The van der Waals surface area contributed by atoms with E-state index < -0.39 is 4.92 Å². The van der Waals surface area contributed by atoms with Crippen LogP contribution in [0.5, 0.6) is 0 Å². The van der Waals surface area contributed by atoms with E-state index >= 15 is 0 Å². The molecule has 1 aliphatic rings. The van der Waals surface area contributed by atoms with E-state index in [0.717, 1.165) is 51.0 Å². The molecule has 33 heavy (non-hydrogen) atoms. The number of non-ortho nitro benzene ring substituents is 1. The second kappa shape index (κ2) is 11.7. The first-order chi connectivity index (χ1) is 15.8. The number of benzene rings is 2. The molecule has 0 radical (unpaired) electrons. The summed E-state index contributed by atoms with van der Waals surface area (Å²) in [5.41, 5.74) is 2.51. The molecule has 0 bridgehead atoms. The molecule has 0 aromatic heterocycles. The fourth-order valence-corrected chi connectivity index (χ4v) is 4.21. The van der Waals surface area contributed by atoms with Crippen LogP contribution in [0.2, 0.25) is 0 Å². The average molecular weight is 452 g/mol. The lowest BCUT2D eigenvalue weighted by molar-refractivity contribution is -0.384. The standard InChI is InChI=1S/C26H33N3O4/c1-19(2)26(31)27-23-9-5-7-21(17-23)20-12-15-28(16-13-20)14-4-3-11-25(30)22-8-6-10-24(18-22)29(32)33/h5-10,17-20H,3-4,11-16H2,1-2H3,(H,27,31). The molecular formula is C26H33N3O4. The molecule has 1 fully saturated rings. The van der Waals surface area contributed by atoms with Crippen LogP contribution in [0.1, 0.15) is 67.8 Å². The zero-order chi connectivity index (χ0) is 23.8. The minimum atomic E-state index is -0.474. The van der Waals surface area contributed by atoms with Gasteiger partial charge >= 0.3 is 0 Å². The highest BCUT2D eigenvalue weighted by Crippen LogP contribution is 2.30. The van der Waals surface area contributed by atoms with E-state index in [2.05, 4.69) is 22.3 Å². The molecule has 3 rings (SSSR count). The van der Waals surface area contributed by atoms with E-state index in [1.165, 1.54) is 17.7 Å². The van der Waals surface area contributed by atoms with Crippen LogP contribution in [0.3, 0.4) is 0 Å². The van der Waals surface area contributed by atoms with Crippen molar-refractivity contribution in [3.05, 3.63) is 69.8 Å². The van der Waals surface area contributed by atoms with Crippen molar-refractivity contribution >= 4 is 23.1 Å². The van der Waals surface area contributed by atoms with Gasteiger partial charge in [-0.25, -0.2) is 0 Å². The van der Waals surface area contributed by atoms with Crippen molar-refractivity contribution < 1.29 is 14.5 Å². The number of nitrogens with one attached hydrogen (secondary N) is 1. The summed E-state index contributed by atoms with van der Waals surface area (Å²) >= 11 is 0. The molecule has 1 aliphatic heterocycles. The summed E-state index contributed by atoms with van der Waals surface area (Å²) in [6.45, 7) is 6.77. The number of carbonyl (C=O) groups excluding carboxylic acids is 2. The maximum Gasteiger partial charge on any atom is 0.270 e. The molecule has 7 nitrogen and oxygen atoms in total. The number of unbranched alkanes of at least 4 members (excludes halogenated alkanes) is 1. The fourth-order valence-electron chi connectivity index (χ4n) is 4.21. The van der Waals surface area contributed by atoms with E-state index in [9.17, 15) is 19.7 Å². The van der Waals surface area contributed by atoms with Gasteiger partial charge < -0.3 is 10.2 Å². The molecule has 1 N–H and O–H groups in total. The van der Waals surface area contributed by atoms with E-state index in [4.69, 9.17) is 0 Å². The van der Waals surface area contributed by atoms with Gasteiger partial charge in [-0.15, -0.1) is 0 Å². The van der Waals surface area contributed by atoms with Crippen LogP contribution in [-0.4, -0.2) is 41.1 Å². The normalized spacial score (nSPS) is 14.9. The molecule has 176 valence electrons. The molecule has 1 saturated heterocycles. The molecule has 0 saturated carbocycles. The summed E-state index contributed by atoms with van der Waals surface area (Å²) in [4.78, 5) is 37.2. The predicted octanol–water partition coefficient (Wildman–Crippen LogP) is 5.42. The summed E-state index contributed by atoms with van der Waals surface area (Å²) in [7, 11) is 0. The highest BCUT2D eigenvalue weighted by atomic mass is 16.6. The van der Waals surface area contributed by atoms with Crippen LogP contribution in [0.25, 0.3) is 0 Å². The minimum Gasteiger partial charge on any atom is -0.326 e. The van der Waals surface area contributed by atoms with E-state index in [0.29, 0.717) is 17.9 Å². The van der Waals surface area contributed by atoms with E-state index in [-0.39, 0.29) is 23.3 Å². The first-order valence-corrected chi connectivity index (χ1v) is 11.7. The van der Waals surface area contributed by atoms with Crippen LogP contribution in [-0.2, 0) is 4.79 Å². The third-order valence-electron chi connectivity index (χ3n) is 6.24. The Labute approximate surface area is 195 Å². The number of rotatable bonds is 10. The van der Waals surface area contributed by atoms with Crippen molar-refractivity contribution in [1.82, 2.24) is 4.90 Å². The van der Waals surface area contributed by atoms with E-state index in [1.54, 1.807) is 12.1 Å². The van der Waals surface area contributed by atoms with Crippen molar-refractivity contribution in [2.24, 2.45) is 5.92 Å². The van der Waals surface area contributed by atoms with Crippen molar-refractivity contribution in [2.75, 3.05) is 25.0 Å². The maximum atomic E-state index is 12.3. The molecular weight excluding hydrogens is 418 g/mol. The van der Waals surface area contributed by atoms with Gasteiger partial charge in [0.05, 0.1) is 4.92 Å². The Morgan fingerprint density at radius 1 is 1.09 bits per heavy atom. The molecule has 7 heteroatoms. The quantitative estimate of drug-likeness (QED) is 0.225. The number of ketones is 1. The zero-order valence-electron chi connectivity index (χ0n) is 19.5. The van der Waals surface area contributed by atoms with Gasteiger partial charge in [0.25, 0.3) is 5.69 Å². The van der Waals surface area contributed by atoms with Gasteiger partial charge in [-0.3, -0.25) is 19.7 Å². The number of nitro groups is 1. The lowest BCUT2D eigenvalue weighted by Crippen LogP contribution is -2.33. The number of carbonyl (C=O) groups is 2. The Morgan fingerprint density at radius 2 is 1.82 bits per heavy atom. The zero-order valence-corrected chi connectivity index (χ0v) is 19.5. The third-order valence-corrected chi connectivity index (χ3v) is 6.24. The number of likely N-dealkylation sites (tertiary alicyclic amines) is 1. The summed E-state index contributed by atoms with van der Waals surface area (Å²) in [5.74, 6) is 0.443. The van der Waals surface area contributed by atoms with Gasteiger partial charge in [0, 0.05) is 35.7 Å². The van der Waals surface area contributed by atoms with Crippen LogP contribution < -0.4 is 5.32 Å². The van der Waals surface area contributed by atoms with Crippen molar-refractivity contribution in [1.29, 1.82) is 0 Å². The number of Topliss-reactive ketones (excluding diaryl/α,β-unsaturated/α-hetero) is 1. The SMILES string of the molecule is CC(C)C(=O)Nc1cccc(C2CCN(CCCCC(=O)c3cccc([N+](=O)[O-])c3)CC2)c1. The van der Waals surface area contributed by atoms with Crippen LogP contribution in [0.4, 0.5) is 11.4 Å². The summed E-state index contributed by atoms with van der Waals surface area (Å²) in [6, 6.07) is 14.1. The molecule has 2 aromatic carbocycles. The first kappa shape index (κ1) is 24.6. The van der Waals surface area contributed by atoms with Crippen LogP contribution >= 0.6 is 0 Å². The largest absolute Gasteiger partial charge is 0.326 e. The maximum absolute atomic E-state index is 12.3. The lowest BCUT2D eigenvalue weighted by Gasteiger charge is -2.32. The second-order valence-electron chi connectivity index (χ2n) is 9.07. The number of piperidine rings is 1. The van der Waals surface area contributed by atoms with Gasteiger partial charge in [0.1, 0.15) is 0 Å². The Bertz CT molecular complexity index is 981. The fraction of sp³-hybridized carbons (Fsp3) is 0.462. The molecule has 0 spiro atoms. The second-order valence-corrected chi connectivity index (χ2v) is 9.07. The highest BCUT2D eigenvalue weighted by Gasteiger charge is 2.21. The third kappa shape index (κ3) is 7.22. The number of anilines is 1. The van der Waals surface area contributed by atoms with Gasteiger partial charge in [0.2, 0.25) is 5.91 Å². The van der Waals surface area contributed by atoms with Crippen LogP contribution in [0, 0.1) is 16.0 Å². The Hall–Kier alpha value is -3.06. The predicted molar refractivity (Wildman–Crippen MR) is 130 cm³/mol. The Morgan fingerprint density at radius 3 is 2.52 bits per heavy atom. The highest BCUT2D eigenvalue weighted by molar-refractivity contribution is 5.96. The Balaban J connectivity index is 1.39. The molecule has 1 amide bonds. The number of amides is 1. The number of nitro benzene ring substituents is 1. The van der Waals surface area contributed by atoms with Gasteiger partial charge in [-0.05, 0) is 68.9 Å². The Kier molecular flexibility index (Phi) is 8.72. The number of nitrogens with zero attached hydrogens (tertiary/aromatic N) is 2. The molecule has 0 unspecified atom stereocenters. The van der Waals surface area contributed by atoms with Gasteiger partial charge in [-0.2, -0.15) is 0 Å². The number of hydrogen-bond donors (Lipinski definition) is 1. The molecule has 1 heterocycles. The van der Waals surface area contributed by atoms with Gasteiger partial charge in [0.15, 0.2) is 5.78 Å². The molecule has 2 aromatic rings. The van der Waals surface area contributed by atoms with Crippen molar-refractivity contribution in [2.45, 2.75) is 51.9 Å². The number of hydrogen-bond acceptors (Lipinski definition) is 5. The average Bonchev–Trinajstić information content (AvgIpc) is 2.82. The molecule has 0 aliphatic carbocycles.